The lowest BCUT2D eigenvalue weighted by molar-refractivity contribution is 0.00612. The Hall–Kier alpha value is 0.440. The summed E-state index contributed by atoms with van der Waals surface area (Å²) in [5, 5.41) is 1.04. The fourth-order valence-electron chi connectivity index (χ4n) is 2.11. The van der Waals surface area contributed by atoms with Gasteiger partial charge in [0.25, 0.3) is 0 Å². The number of ether oxygens (including phenoxy) is 1. The van der Waals surface area contributed by atoms with Gasteiger partial charge in [-0.25, -0.2) is 0 Å². The molecule has 2 aliphatic rings. The van der Waals surface area contributed by atoms with Gasteiger partial charge in [0.2, 0.25) is 0 Å². The fourth-order valence-corrected chi connectivity index (χ4v) is 2.96. The SMILES string of the molecule is CC1COC(CBr)(C2CC2)C1. The number of rotatable bonds is 2. The average molecular weight is 219 g/mol. The van der Waals surface area contributed by atoms with E-state index in [9.17, 15) is 0 Å². The summed E-state index contributed by atoms with van der Waals surface area (Å²) in [6, 6.07) is 0. The Morgan fingerprint density at radius 3 is 2.64 bits per heavy atom. The smallest absolute Gasteiger partial charge is 0.0810 e. The number of hydrogen-bond donors (Lipinski definition) is 0. The number of halogens is 1. The molecule has 0 amide bonds. The van der Waals surface area contributed by atoms with Gasteiger partial charge in [0.15, 0.2) is 0 Å². The van der Waals surface area contributed by atoms with Crippen molar-refractivity contribution in [1.82, 2.24) is 0 Å². The lowest BCUT2D eigenvalue weighted by Gasteiger charge is -2.25. The van der Waals surface area contributed by atoms with Crippen molar-refractivity contribution in [3.63, 3.8) is 0 Å². The summed E-state index contributed by atoms with van der Waals surface area (Å²) in [7, 11) is 0. The van der Waals surface area contributed by atoms with Crippen LogP contribution in [0.5, 0.6) is 0 Å². The third-order valence-electron chi connectivity index (χ3n) is 2.90. The normalized spacial score (nSPS) is 44.7. The molecule has 2 heteroatoms. The van der Waals surface area contributed by atoms with Crippen molar-refractivity contribution in [3.05, 3.63) is 0 Å². The first-order valence-corrected chi connectivity index (χ1v) is 5.59. The van der Waals surface area contributed by atoms with Crippen molar-refractivity contribution in [2.45, 2.75) is 31.8 Å². The van der Waals surface area contributed by atoms with Crippen molar-refractivity contribution >= 4 is 15.9 Å². The topological polar surface area (TPSA) is 9.23 Å². The van der Waals surface area contributed by atoms with Crippen molar-refractivity contribution < 1.29 is 4.74 Å². The molecule has 0 aromatic carbocycles. The van der Waals surface area contributed by atoms with E-state index in [0.29, 0.717) is 0 Å². The highest BCUT2D eigenvalue weighted by Crippen LogP contribution is 2.49. The molecule has 0 N–H and O–H groups in total. The van der Waals surface area contributed by atoms with Gasteiger partial charge in [-0.1, -0.05) is 22.9 Å². The Kier molecular flexibility index (Phi) is 2.00. The highest BCUT2D eigenvalue weighted by molar-refractivity contribution is 9.09. The van der Waals surface area contributed by atoms with E-state index >= 15 is 0 Å². The Labute approximate surface area is 76.6 Å². The maximum Gasteiger partial charge on any atom is 0.0810 e. The molecule has 2 fully saturated rings. The quantitative estimate of drug-likeness (QED) is 0.648. The van der Waals surface area contributed by atoms with Gasteiger partial charge in [-0.05, 0) is 31.1 Å². The van der Waals surface area contributed by atoms with Crippen LogP contribution < -0.4 is 0 Å². The zero-order valence-electron chi connectivity index (χ0n) is 6.98. The first-order chi connectivity index (χ1) is 5.27. The van der Waals surface area contributed by atoms with E-state index in [4.69, 9.17) is 4.74 Å². The molecule has 0 radical (unpaired) electrons. The summed E-state index contributed by atoms with van der Waals surface area (Å²) in [6.07, 6.45) is 4.04. The van der Waals surface area contributed by atoms with Crippen LogP contribution in [0.25, 0.3) is 0 Å². The van der Waals surface area contributed by atoms with Gasteiger partial charge in [0, 0.05) is 5.33 Å². The van der Waals surface area contributed by atoms with Crippen LogP contribution >= 0.6 is 15.9 Å². The predicted octanol–water partition coefficient (Wildman–Crippen LogP) is 2.59. The molecule has 0 aromatic heterocycles. The molecule has 0 spiro atoms. The van der Waals surface area contributed by atoms with Crippen molar-refractivity contribution in [2.75, 3.05) is 11.9 Å². The second kappa shape index (κ2) is 2.74. The van der Waals surface area contributed by atoms with E-state index in [-0.39, 0.29) is 5.60 Å². The summed E-state index contributed by atoms with van der Waals surface area (Å²) in [6.45, 7) is 3.26. The molecule has 2 rings (SSSR count). The number of alkyl halides is 1. The van der Waals surface area contributed by atoms with Crippen LogP contribution in [0.15, 0.2) is 0 Å². The maximum atomic E-state index is 5.88. The van der Waals surface area contributed by atoms with Crippen molar-refractivity contribution in [1.29, 1.82) is 0 Å². The van der Waals surface area contributed by atoms with Gasteiger partial charge in [0.05, 0.1) is 12.2 Å². The molecule has 2 unspecified atom stereocenters. The lowest BCUT2D eigenvalue weighted by Crippen LogP contribution is -2.32. The van der Waals surface area contributed by atoms with Crippen LogP contribution in [0, 0.1) is 11.8 Å². The Bertz CT molecular complexity index is 156. The molecule has 1 aliphatic carbocycles. The van der Waals surface area contributed by atoms with Crippen LogP contribution in [0.3, 0.4) is 0 Å². The molecule has 11 heavy (non-hydrogen) atoms. The summed E-state index contributed by atoms with van der Waals surface area (Å²) < 4.78 is 5.88. The molecule has 64 valence electrons. The van der Waals surface area contributed by atoms with Crippen molar-refractivity contribution in [3.8, 4) is 0 Å². The highest BCUT2D eigenvalue weighted by Gasteiger charge is 2.49. The molecule has 0 aromatic rings. The number of hydrogen-bond acceptors (Lipinski definition) is 1. The van der Waals surface area contributed by atoms with Crippen molar-refractivity contribution in [2.24, 2.45) is 11.8 Å². The summed E-state index contributed by atoms with van der Waals surface area (Å²) in [5.74, 6) is 1.64. The minimum Gasteiger partial charge on any atom is -0.374 e. The molecule has 1 saturated heterocycles. The zero-order chi connectivity index (χ0) is 7.90. The molecule has 1 nitrogen and oxygen atoms in total. The predicted molar refractivity (Wildman–Crippen MR) is 49.0 cm³/mol. The van der Waals surface area contributed by atoms with E-state index in [1.54, 1.807) is 0 Å². The fraction of sp³-hybridized carbons (Fsp3) is 1.00. The summed E-state index contributed by atoms with van der Waals surface area (Å²) in [5.41, 5.74) is 0.236. The minimum atomic E-state index is 0.236. The second-order valence-corrected chi connectivity index (χ2v) is 4.65. The largest absolute Gasteiger partial charge is 0.374 e. The summed E-state index contributed by atoms with van der Waals surface area (Å²) in [4.78, 5) is 0. The third kappa shape index (κ3) is 1.35. The Morgan fingerprint density at radius 1 is 1.55 bits per heavy atom. The second-order valence-electron chi connectivity index (χ2n) is 4.09. The molecule has 1 aliphatic heterocycles. The first kappa shape index (κ1) is 8.06. The van der Waals surface area contributed by atoms with Crippen LogP contribution in [0.2, 0.25) is 0 Å². The van der Waals surface area contributed by atoms with Crippen LogP contribution in [0.4, 0.5) is 0 Å². The van der Waals surface area contributed by atoms with Crippen LogP contribution in [-0.2, 0) is 4.74 Å². The van der Waals surface area contributed by atoms with Gasteiger partial charge in [-0.15, -0.1) is 0 Å². The van der Waals surface area contributed by atoms with Crippen LogP contribution in [0.1, 0.15) is 26.2 Å². The minimum absolute atomic E-state index is 0.236. The van der Waals surface area contributed by atoms with E-state index in [1.807, 2.05) is 0 Å². The van der Waals surface area contributed by atoms with Gasteiger partial charge >= 0.3 is 0 Å². The molecule has 1 heterocycles. The Balaban J connectivity index is 2.05. The molecule has 2 atom stereocenters. The first-order valence-electron chi connectivity index (χ1n) is 4.47. The maximum absolute atomic E-state index is 5.88. The van der Waals surface area contributed by atoms with Gasteiger partial charge in [-0.3, -0.25) is 0 Å². The summed E-state index contributed by atoms with van der Waals surface area (Å²) >= 11 is 3.58. The molecular weight excluding hydrogens is 204 g/mol. The van der Waals surface area contributed by atoms with E-state index in [1.165, 1.54) is 19.3 Å². The molecular formula is C9H15BrO. The Morgan fingerprint density at radius 2 is 2.27 bits per heavy atom. The molecule has 1 saturated carbocycles. The standard InChI is InChI=1S/C9H15BrO/c1-7-4-9(6-10,11-5-7)8-2-3-8/h7-8H,2-6H2,1H3. The van der Waals surface area contributed by atoms with Gasteiger partial charge in [-0.2, -0.15) is 0 Å². The zero-order valence-corrected chi connectivity index (χ0v) is 8.56. The average Bonchev–Trinajstić information content (AvgIpc) is 2.77. The monoisotopic (exact) mass is 218 g/mol. The van der Waals surface area contributed by atoms with Gasteiger partial charge < -0.3 is 4.74 Å². The van der Waals surface area contributed by atoms with E-state index in [0.717, 1.165) is 23.8 Å². The lowest BCUT2D eigenvalue weighted by atomic mass is 9.92. The van der Waals surface area contributed by atoms with E-state index in [2.05, 4.69) is 22.9 Å². The highest BCUT2D eigenvalue weighted by atomic mass is 79.9. The van der Waals surface area contributed by atoms with E-state index < -0.39 is 0 Å². The van der Waals surface area contributed by atoms with Crippen LogP contribution in [-0.4, -0.2) is 17.5 Å². The molecule has 0 bridgehead atoms. The third-order valence-corrected chi connectivity index (χ3v) is 3.85. The van der Waals surface area contributed by atoms with Gasteiger partial charge in [0.1, 0.15) is 0 Å².